The molecule has 34 heavy (non-hydrogen) atoms. The number of ether oxygens (including phenoxy) is 2. The molecule has 0 bridgehead atoms. The number of H-pyrrole nitrogens is 1. The van der Waals surface area contributed by atoms with Crippen LogP contribution in [0.5, 0.6) is 5.75 Å². The van der Waals surface area contributed by atoms with Gasteiger partial charge < -0.3 is 19.7 Å². The van der Waals surface area contributed by atoms with Crippen molar-refractivity contribution in [2.24, 2.45) is 5.92 Å². The molecule has 1 aliphatic carbocycles. The maximum atomic E-state index is 13.3. The second-order valence-corrected chi connectivity index (χ2v) is 10.0. The van der Waals surface area contributed by atoms with Crippen LogP contribution in [0.4, 0.5) is 11.5 Å². The monoisotopic (exact) mass is 478 g/mol. The number of thiophene rings is 1. The van der Waals surface area contributed by atoms with E-state index in [1.165, 1.54) is 10.4 Å². The van der Waals surface area contributed by atoms with Crippen molar-refractivity contribution in [3.8, 4) is 5.75 Å². The molecule has 1 saturated heterocycles. The van der Waals surface area contributed by atoms with Gasteiger partial charge in [0.1, 0.15) is 22.7 Å². The van der Waals surface area contributed by atoms with Crippen LogP contribution in [-0.2, 0) is 22.4 Å². The molecule has 3 aromatic heterocycles. The molecule has 0 saturated carbocycles. The van der Waals surface area contributed by atoms with Crippen LogP contribution in [0.3, 0.4) is 0 Å². The third-order valence-electron chi connectivity index (χ3n) is 6.86. The number of aromatic nitrogens is 4. The number of hydrogen-bond acceptors (Lipinski definition) is 8. The number of methoxy groups -OCH3 is 1. The summed E-state index contributed by atoms with van der Waals surface area (Å²) in [5.41, 5.74) is 2.99. The van der Waals surface area contributed by atoms with Crippen LogP contribution < -0.4 is 10.1 Å². The largest absolute Gasteiger partial charge is 0.494 e. The molecule has 9 nitrogen and oxygen atoms in total. The van der Waals surface area contributed by atoms with Gasteiger partial charge in [-0.15, -0.1) is 11.3 Å². The minimum Gasteiger partial charge on any atom is -0.494 e. The number of carbonyl (C=O) groups is 1. The molecule has 1 aliphatic heterocycles. The highest BCUT2D eigenvalue weighted by atomic mass is 32.1. The van der Waals surface area contributed by atoms with Gasteiger partial charge in [-0.05, 0) is 37.8 Å². The molecule has 4 heterocycles. The molecule has 1 aromatic carbocycles. The van der Waals surface area contributed by atoms with Gasteiger partial charge >= 0.3 is 0 Å². The smallest absolute Gasteiger partial charge is 0.226 e. The van der Waals surface area contributed by atoms with Crippen molar-refractivity contribution in [1.82, 2.24) is 25.1 Å². The summed E-state index contributed by atoms with van der Waals surface area (Å²) in [5.74, 6) is 1.73. The standard InChI is InChI=1S/C24H26N6O3S/c1-13-11-33-6-5-30(13)24(31)14-3-4-16-20(8-14)34-23-21(16)22(25-12-26-23)28-18-7-15-10-27-29-17(15)9-19(18)32-2/h7,9-10,12-14H,3-6,8,11H2,1-2H3,(H,27,29)(H,25,26,28)/t13-,14-/m0/s1. The summed E-state index contributed by atoms with van der Waals surface area (Å²) >= 11 is 1.67. The van der Waals surface area contributed by atoms with Crippen LogP contribution in [0, 0.1) is 5.92 Å². The fourth-order valence-electron chi connectivity index (χ4n) is 5.07. The topological polar surface area (TPSA) is 105 Å². The normalized spacial score (nSPS) is 20.5. The van der Waals surface area contributed by atoms with E-state index in [0.29, 0.717) is 25.5 Å². The van der Waals surface area contributed by atoms with E-state index >= 15 is 0 Å². The van der Waals surface area contributed by atoms with Crippen molar-refractivity contribution >= 4 is 49.9 Å². The third-order valence-corrected chi connectivity index (χ3v) is 8.02. The lowest BCUT2D eigenvalue weighted by Gasteiger charge is -2.36. The van der Waals surface area contributed by atoms with Crippen molar-refractivity contribution in [3.63, 3.8) is 0 Å². The molecule has 4 aromatic rings. The zero-order chi connectivity index (χ0) is 23.2. The van der Waals surface area contributed by atoms with Gasteiger partial charge in [0, 0.05) is 28.8 Å². The number of hydrogen-bond donors (Lipinski definition) is 2. The number of nitrogens with zero attached hydrogens (tertiary/aromatic N) is 4. The van der Waals surface area contributed by atoms with E-state index in [1.807, 2.05) is 17.0 Å². The van der Waals surface area contributed by atoms with Crippen molar-refractivity contribution in [3.05, 3.63) is 35.1 Å². The number of carbonyl (C=O) groups excluding carboxylic acids is 1. The summed E-state index contributed by atoms with van der Waals surface area (Å²) in [6.45, 7) is 3.98. The van der Waals surface area contributed by atoms with Gasteiger partial charge in [-0.25, -0.2) is 9.97 Å². The summed E-state index contributed by atoms with van der Waals surface area (Å²) in [6, 6.07) is 4.06. The molecule has 0 radical (unpaired) electrons. The van der Waals surface area contributed by atoms with Gasteiger partial charge in [0.05, 0.1) is 49.2 Å². The second kappa shape index (κ2) is 8.52. The molecule has 2 atom stereocenters. The number of morpholine rings is 1. The first-order chi connectivity index (χ1) is 16.6. The fourth-order valence-corrected chi connectivity index (χ4v) is 6.34. The Labute approximate surface area is 200 Å². The summed E-state index contributed by atoms with van der Waals surface area (Å²) in [6.07, 6.45) is 5.80. The van der Waals surface area contributed by atoms with Crippen LogP contribution in [0.25, 0.3) is 21.1 Å². The molecule has 10 heteroatoms. The van der Waals surface area contributed by atoms with Crippen molar-refractivity contribution in [2.75, 3.05) is 32.2 Å². The predicted molar refractivity (Wildman–Crippen MR) is 131 cm³/mol. The molecule has 176 valence electrons. The predicted octanol–water partition coefficient (Wildman–Crippen LogP) is 3.67. The molecule has 0 unspecified atom stereocenters. The first-order valence-electron chi connectivity index (χ1n) is 11.5. The van der Waals surface area contributed by atoms with Gasteiger partial charge in [0.25, 0.3) is 0 Å². The molecular weight excluding hydrogens is 452 g/mol. The zero-order valence-electron chi connectivity index (χ0n) is 19.1. The van der Waals surface area contributed by atoms with E-state index in [9.17, 15) is 4.79 Å². The lowest BCUT2D eigenvalue weighted by atomic mass is 9.86. The minimum absolute atomic E-state index is 0.00840. The number of aromatic amines is 1. The SMILES string of the molecule is COc1cc2[nH]ncc2cc1Nc1ncnc2sc3c(c12)CC[C@H](C(=O)N1CCOC[C@@H]1C)C3. The van der Waals surface area contributed by atoms with Gasteiger partial charge in [-0.1, -0.05) is 0 Å². The Balaban J connectivity index is 1.32. The maximum Gasteiger partial charge on any atom is 0.226 e. The van der Waals surface area contributed by atoms with Crippen molar-refractivity contribution in [1.29, 1.82) is 0 Å². The fraction of sp³-hybridized carbons (Fsp3) is 0.417. The van der Waals surface area contributed by atoms with Crippen LogP contribution in [0.1, 0.15) is 23.8 Å². The van der Waals surface area contributed by atoms with Crippen LogP contribution in [0.2, 0.25) is 0 Å². The summed E-state index contributed by atoms with van der Waals surface area (Å²) in [4.78, 5) is 26.6. The maximum absolute atomic E-state index is 13.3. The quantitative estimate of drug-likeness (QED) is 0.461. The Kier molecular flexibility index (Phi) is 5.34. The highest BCUT2D eigenvalue weighted by molar-refractivity contribution is 7.19. The second-order valence-electron chi connectivity index (χ2n) is 8.94. The molecular formula is C24H26N6O3S. The molecule has 1 fully saturated rings. The lowest BCUT2D eigenvalue weighted by molar-refractivity contribution is -0.143. The highest BCUT2D eigenvalue weighted by Crippen LogP contribution is 2.42. The highest BCUT2D eigenvalue weighted by Gasteiger charge is 2.34. The van der Waals surface area contributed by atoms with E-state index in [1.54, 1.807) is 31.0 Å². The Morgan fingerprint density at radius 3 is 3.12 bits per heavy atom. The van der Waals surface area contributed by atoms with Crippen LogP contribution >= 0.6 is 11.3 Å². The van der Waals surface area contributed by atoms with Gasteiger partial charge in [-0.2, -0.15) is 5.10 Å². The average molecular weight is 479 g/mol. The molecule has 1 amide bonds. The Bertz CT molecular complexity index is 1380. The minimum atomic E-state index is 0.00840. The first-order valence-corrected chi connectivity index (χ1v) is 12.4. The van der Waals surface area contributed by atoms with Crippen molar-refractivity contribution in [2.45, 2.75) is 32.2 Å². The zero-order valence-corrected chi connectivity index (χ0v) is 19.9. The van der Waals surface area contributed by atoms with E-state index < -0.39 is 0 Å². The number of anilines is 2. The average Bonchev–Trinajstić information content (AvgIpc) is 3.47. The number of rotatable bonds is 4. The molecule has 2 aliphatic rings. The number of nitrogens with one attached hydrogen (secondary N) is 2. The summed E-state index contributed by atoms with van der Waals surface area (Å²) < 4.78 is 11.1. The summed E-state index contributed by atoms with van der Waals surface area (Å²) in [5, 5.41) is 12.6. The molecule has 6 rings (SSSR count). The Morgan fingerprint density at radius 2 is 2.26 bits per heavy atom. The van der Waals surface area contributed by atoms with Gasteiger partial charge in [-0.3, -0.25) is 9.89 Å². The number of benzene rings is 1. The van der Waals surface area contributed by atoms with Gasteiger partial charge in [0.2, 0.25) is 5.91 Å². The molecule has 2 N–H and O–H groups in total. The van der Waals surface area contributed by atoms with Crippen molar-refractivity contribution < 1.29 is 14.3 Å². The Hall–Kier alpha value is -3.24. The number of amides is 1. The van der Waals surface area contributed by atoms with E-state index in [4.69, 9.17) is 9.47 Å². The third kappa shape index (κ3) is 3.57. The van der Waals surface area contributed by atoms with Crippen LogP contribution in [-0.4, -0.2) is 63.9 Å². The van der Waals surface area contributed by atoms with E-state index in [2.05, 4.69) is 32.4 Å². The van der Waals surface area contributed by atoms with E-state index in [0.717, 1.165) is 51.9 Å². The van der Waals surface area contributed by atoms with Gasteiger partial charge in [0.15, 0.2) is 0 Å². The summed E-state index contributed by atoms with van der Waals surface area (Å²) in [7, 11) is 1.65. The van der Waals surface area contributed by atoms with Crippen LogP contribution in [0.15, 0.2) is 24.7 Å². The number of fused-ring (bicyclic) bond motifs is 4. The van der Waals surface area contributed by atoms with E-state index in [-0.39, 0.29) is 17.9 Å². The first kappa shape index (κ1) is 21.3. The lowest BCUT2D eigenvalue weighted by Crippen LogP contribution is -2.50. The Morgan fingerprint density at radius 1 is 1.35 bits per heavy atom. The number of aryl methyl sites for hydroxylation is 1. The molecule has 0 spiro atoms.